The Morgan fingerprint density at radius 1 is 1.04 bits per heavy atom. The Hall–Kier alpha value is -2.50. The van der Waals surface area contributed by atoms with E-state index in [4.69, 9.17) is 0 Å². The van der Waals surface area contributed by atoms with Crippen molar-refractivity contribution in [1.82, 2.24) is 10.6 Å². The van der Waals surface area contributed by atoms with E-state index in [0.29, 0.717) is 5.56 Å². The predicted octanol–water partition coefficient (Wildman–Crippen LogP) is 2.48. The number of rotatable bonds is 3. The third-order valence-corrected chi connectivity index (χ3v) is 3.10. The molecule has 1 unspecified atom stereocenters. The zero-order valence-electron chi connectivity index (χ0n) is 14.9. The largest absolute Gasteiger partial charge is 0.340 e. The highest BCUT2D eigenvalue weighted by Gasteiger charge is 2.28. The molecule has 1 heterocycles. The smallest absolute Gasteiger partial charge is 0.252 e. The van der Waals surface area contributed by atoms with Gasteiger partial charge in [-0.3, -0.25) is 24.5 Å². The third kappa shape index (κ3) is 5.95. The number of nitrogens with one attached hydrogen (secondary N) is 2. The fraction of sp³-hybridized carbons (Fsp3) is 0.444. The Balaban J connectivity index is 0.00000123. The first-order valence-corrected chi connectivity index (χ1v) is 8.23. The Labute approximate surface area is 143 Å². The van der Waals surface area contributed by atoms with Crippen LogP contribution in [0.25, 0.3) is 0 Å². The average molecular weight is 334 g/mol. The molecule has 1 aliphatic rings. The molecule has 0 aromatic heterocycles. The molecular weight excluding hydrogens is 308 g/mol. The Morgan fingerprint density at radius 2 is 1.58 bits per heavy atom. The van der Waals surface area contributed by atoms with E-state index >= 15 is 0 Å². The predicted molar refractivity (Wildman–Crippen MR) is 92.8 cm³/mol. The van der Waals surface area contributed by atoms with Crippen LogP contribution < -0.4 is 10.6 Å². The van der Waals surface area contributed by atoms with Crippen molar-refractivity contribution in [3.8, 4) is 0 Å². The van der Waals surface area contributed by atoms with E-state index in [2.05, 4.69) is 10.6 Å². The summed E-state index contributed by atoms with van der Waals surface area (Å²) in [7, 11) is 0. The molecule has 1 aromatic carbocycles. The van der Waals surface area contributed by atoms with Crippen molar-refractivity contribution in [2.75, 3.05) is 0 Å². The number of Topliss-reactive ketones (excluding diaryl/α,β-unsaturated/α-hetero) is 1. The highest BCUT2D eigenvalue weighted by Crippen LogP contribution is 2.11. The van der Waals surface area contributed by atoms with Gasteiger partial charge in [-0.15, -0.1) is 0 Å². The van der Waals surface area contributed by atoms with Crippen LogP contribution in [0.3, 0.4) is 0 Å². The second-order valence-corrected chi connectivity index (χ2v) is 4.58. The molecule has 132 valence electrons. The van der Waals surface area contributed by atoms with E-state index in [1.54, 1.807) is 18.2 Å². The molecule has 2 N–H and O–H groups in total. The molecule has 1 saturated heterocycles. The summed E-state index contributed by atoms with van der Waals surface area (Å²) >= 11 is 0. The fourth-order valence-corrected chi connectivity index (χ4v) is 2.06. The lowest BCUT2D eigenvalue weighted by molar-refractivity contribution is -0.134. The molecule has 6 nitrogen and oxygen atoms in total. The maximum Gasteiger partial charge on any atom is 0.252 e. The number of carbonyl (C=O) groups excluding carboxylic acids is 4. The van der Waals surface area contributed by atoms with Gasteiger partial charge in [-0.05, 0) is 19.4 Å². The lowest BCUT2D eigenvalue weighted by Crippen LogP contribution is -2.52. The van der Waals surface area contributed by atoms with Crippen molar-refractivity contribution in [3.63, 3.8) is 0 Å². The maximum atomic E-state index is 12.1. The van der Waals surface area contributed by atoms with Gasteiger partial charge in [0.05, 0.1) is 5.56 Å². The molecule has 1 aliphatic heterocycles. The molecule has 3 amide bonds. The summed E-state index contributed by atoms with van der Waals surface area (Å²) < 4.78 is 0. The zero-order chi connectivity index (χ0) is 18.7. The molecule has 1 atom stereocenters. The number of piperidine rings is 1. The third-order valence-electron chi connectivity index (χ3n) is 3.10. The van der Waals surface area contributed by atoms with Crippen molar-refractivity contribution >= 4 is 23.5 Å². The molecule has 0 spiro atoms. The number of imide groups is 1. The fourth-order valence-electron chi connectivity index (χ4n) is 2.06. The van der Waals surface area contributed by atoms with Crippen molar-refractivity contribution in [2.24, 2.45) is 0 Å². The number of carbonyl (C=O) groups is 4. The average Bonchev–Trinajstić information content (AvgIpc) is 2.61. The zero-order valence-corrected chi connectivity index (χ0v) is 14.9. The number of hydrogen-bond donors (Lipinski definition) is 2. The van der Waals surface area contributed by atoms with Crippen LogP contribution >= 0.6 is 0 Å². The molecule has 0 bridgehead atoms. The number of amides is 3. The summed E-state index contributed by atoms with van der Waals surface area (Å²) in [4.78, 5) is 46.2. The monoisotopic (exact) mass is 334 g/mol. The van der Waals surface area contributed by atoms with Crippen molar-refractivity contribution in [1.29, 1.82) is 0 Å². The summed E-state index contributed by atoms with van der Waals surface area (Å²) in [5, 5.41) is 4.71. The minimum atomic E-state index is -0.750. The van der Waals surface area contributed by atoms with Crippen LogP contribution in [0.4, 0.5) is 0 Å². The molecule has 1 aromatic rings. The summed E-state index contributed by atoms with van der Waals surface area (Å²) in [6.07, 6.45) is 0.448. The second-order valence-electron chi connectivity index (χ2n) is 4.58. The van der Waals surface area contributed by atoms with Gasteiger partial charge in [0, 0.05) is 12.0 Å². The van der Waals surface area contributed by atoms with Gasteiger partial charge in [0.15, 0.2) is 5.78 Å². The molecule has 0 aliphatic carbocycles. The van der Waals surface area contributed by atoms with Crippen molar-refractivity contribution < 1.29 is 19.2 Å². The normalized spacial score (nSPS) is 15.8. The van der Waals surface area contributed by atoms with Gasteiger partial charge in [0.25, 0.3) is 5.91 Å². The first kappa shape index (κ1) is 21.5. The summed E-state index contributed by atoms with van der Waals surface area (Å²) in [5.74, 6) is -1.58. The van der Waals surface area contributed by atoms with Crippen LogP contribution in [0.15, 0.2) is 24.3 Å². The van der Waals surface area contributed by atoms with Gasteiger partial charge >= 0.3 is 0 Å². The first-order chi connectivity index (χ1) is 11.5. The number of hydrogen-bond acceptors (Lipinski definition) is 4. The van der Waals surface area contributed by atoms with E-state index in [9.17, 15) is 19.2 Å². The van der Waals surface area contributed by atoms with E-state index in [1.165, 1.54) is 13.0 Å². The summed E-state index contributed by atoms with van der Waals surface area (Å²) in [6, 6.07) is 5.64. The van der Waals surface area contributed by atoms with E-state index in [0.717, 1.165) is 0 Å². The van der Waals surface area contributed by atoms with Gasteiger partial charge < -0.3 is 5.32 Å². The second kappa shape index (κ2) is 11.1. The molecule has 2 rings (SSSR count). The Bertz CT molecular complexity index is 596. The lowest BCUT2D eigenvalue weighted by atomic mass is 10.0. The van der Waals surface area contributed by atoms with E-state index < -0.39 is 17.9 Å². The standard InChI is InChI=1S/C14H14N2O4.2C2H6/c1-8(17)9-4-2-3-5-10(9)13(19)15-11-6-7-12(18)16-14(11)20;2*1-2/h2-5,11H,6-7H2,1H3,(H,15,19)(H,16,18,20);2*1-2H3. The molecule has 0 saturated carbocycles. The highest BCUT2D eigenvalue weighted by atomic mass is 16.2. The Morgan fingerprint density at radius 3 is 2.08 bits per heavy atom. The topological polar surface area (TPSA) is 92.3 Å². The molecule has 1 fully saturated rings. The van der Waals surface area contributed by atoms with E-state index in [-0.39, 0.29) is 30.1 Å². The SMILES string of the molecule is CC.CC.CC(=O)c1ccccc1C(=O)NC1CCC(=O)NC1=O. The van der Waals surface area contributed by atoms with Gasteiger partial charge in [-0.2, -0.15) is 0 Å². The van der Waals surface area contributed by atoms with Gasteiger partial charge in [-0.1, -0.05) is 45.9 Å². The van der Waals surface area contributed by atoms with Gasteiger partial charge in [0.1, 0.15) is 6.04 Å². The summed E-state index contributed by atoms with van der Waals surface area (Å²) in [5.41, 5.74) is 0.530. The minimum absolute atomic E-state index is 0.186. The van der Waals surface area contributed by atoms with E-state index in [1.807, 2.05) is 27.7 Å². The van der Waals surface area contributed by atoms with Crippen LogP contribution in [0, 0.1) is 0 Å². The van der Waals surface area contributed by atoms with Crippen LogP contribution in [-0.2, 0) is 9.59 Å². The Kier molecular flexibility index (Phi) is 9.94. The summed E-state index contributed by atoms with van der Waals surface area (Å²) in [6.45, 7) is 9.37. The maximum absolute atomic E-state index is 12.1. The molecular formula is C18H26N2O4. The lowest BCUT2D eigenvalue weighted by Gasteiger charge is -2.22. The quantitative estimate of drug-likeness (QED) is 0.656. The van der Waals surface area contributed by atoms with Crippen LogP contribution in [-0.4, -0.2) is 29.5 Å². The highest BCUT2D eigenvalue weighted by molar-refractivity contribution is 6.09. The van der Waals surface area contributed by atoms with Crippen LogP contribution in [0.2, 0.25) is 0 Å². The molecule has 0 radical (unpaired) electrons. The molecule has 6 heteroatoms. The van der Waals surface area contributed by atoms with Gasteiger partial charge in [0.2, 0.25) is 11.8 Å². The first-order valence-electron chi connectivity index (χ1n) is 8.23. The van der Waals surface area contributed by atoms with Crippen molar-refractivity contribution in [3.05, 3.63) is 35.4 Å². The van der Waals surface area contributed by atoms with Crippen LogP contribution in [0.5, 0.6) is 0 Å². The number of benzene rings is 1. The van der Waals surface area contributed by atoms with Gasteiger partial charge in [-0.25, -0.2) is 0 Å². The van der Waals surface area contributed by atoms with Crippen molar-refractivity contribution in [2.45, 2.75) is 53.5 Å². The number of ketones is 1. The van der Waals surface area contributed by atoms with Crippen LogP contribution in [0.1, 0.15) is 68.2 Å². The molecule has 24 heavy (non-hydrogen) atoms. The minimum Gasteiger partial charge on any atom is -0.340 e.